The molecule has 0 amide bonds. The first-order valence-corrected chi connectivity index (χ1v) is 11.3. The Morgan fingerprint density at radius 2 is 1.91 bits per heavy atom. The van der Waals surface area contributed by atoms with Crippen LogP contribution in [0.25, 0.3) is 0 Å². The van der Waals surface area contributed by atoms with Crippen molar-refractivity contribution in [3.63, 3.8) is 0 Å². The molecule has 176 valence electrons. The third-order valence-corrected chi connectivity index (χ3v) is 9.18. The summed E-state index contributed by atoms with van der Waals surface area (Å²) in [6.45, 7) is 5.87. The lowest BCUT2D eigenvalue weighted by Crippen LogP contribution is -2.71. The third-order valence-electron chi connectivity index (χ3n) is 9.18. The summed E-state index contributed by atoms with van der Waals surface area (Å²) < 4.78 is 44.8. The Labute approximate surface area is 185 Å². The first-order valence-electron chi connectivity index (χ1n) is 11.3. The van der Waals surface area contributed by atoms with Gasteiger partial charge in [-0.15, -0.1) is 0 Å². The SMILES string of the molecule is CC1(C)OC2C[C@H]3[C@@H]4C[C@H](F)C5=CC(=O)C=C[C@]5(C)[C@@]4(F)C(O)C[C@]3(C)C2(C(=O)CO)O1. The smallest absolute Gasteiger partial charge is 0.193 e. The van der Waals surface area contributed by atoms with Crippen LogP contribution in [0.2, 0.25) is 0 Å². The fourth-order valence-electron chi connectivity index (χ4n) is 7.92. The number of rotatable bonds is 2. The van der Waals surface area contributed by atoms with Crippen LogP contribution < -0.4 is 0 Å². The molecule has 1 saturated heterocycles. The second-order valence-electron chi connectivity index (χ2n) is 11.0. The van der Waals surface area contributed by atoms with E-state index in [0.29, 0.717) is 0 Å². The van der Waals surface area contributed by atoms with E-state index in [1.807, 2.05) is 0 Å². The second kappa shape index (κ2) is 6.34. The van der Waals surface area contributed by atoms with Crippen molar-refractivity contribution >= 4 is 11.6 Å². The van der Waals surface area contributed by atoms with Gasteiger partial charge in [0, 0.05) is 16.7 Å². The fraction of sp³-hybridized carbons (Fsp3) is 0.750. The summed E-state index contributed by atoms with van der Waals surface area (Å²) in [6, 6.07) is 0. The van der Waals surface area contributed by atoms with Gasteiger partial charge in [-0.2, -0.15) is 0 Å². The van der Waals surface area contributed by atoms with Crippen LogP contribution >= 0.6 is 0 Å². The van der Waals surface area contributed by atoms with E-state index in [1.54, 1.807) is 20.8 Å². The molecule has 0 aromatic carbocycles. The van der Waals surface area contributed by atoms with Crippen molar-refractivity contribution in [2.45, 2.75) is 82.4 Å². The second-order valence-corrected chi connectivity index (χ2v) is 11.0. The van der Waals surface area contributed by atoms with Crippen molar-refractivity contribution in [2.75, 3.05) is 6.61 Å². The van der Waals surface area contributed by atoms with Gasteiger partial charge in [-0.3, -0.25) is 9.59 Å². The molecule has 0 aromatic heterocycles. The number of Topliss-reactive ketones (excluding diaryl/α,β-unsaturated/α-hetero) is 1. The van der Waals surface area contributed by atoms with Crippen molar-refractivity contribution < 1.29 is 38.1 Å². The highest BCUT2D eigenvalue weighted by Crippen LogP contribution is 2.72. The zero-order valence-corrected chi connectivity index (χ0v) is 18.7. The first-order chi connectivity index (χ1) is 14.8. The van der Waals surface area contributed by atoms with E-state index in [9.17, 15) is 19.8 Å². The van der Waals surface area contributed by atoms with E-state index in [4.69, 9.17) is 9.47 Å². The van der Waals surface area contributed by atoms with Crippen LogP contribution in [-0.4, -0.2) is 63.8 Å². The number of hydrogen-bond donors (Lipinski definition) is 2. The van der Waals surface area contributed by atoms with E-state index < -0.39 is 76.3 Å². The Bertz CT molecular complexity index is 960. The van der Waals surface area contributed by atoms with Gasteiger partial charge in [-0.05, 0) is 63.7 Å². The zero-order chi connectivity index (χ0) is 23.5. The van der Waals surface area contributed by atoms with E-state index in [-0.39, 0.29) is 24.8 Å². The van der Waals surface area contributed by atoms with Crippen molar-refractivity contribution in [1.29, 1.82) is 0 Å². The van der Waals surface area contributed by atoms with E-state index in [1.165, 1.54) is 19.1 Å². The first kappa shape index (κ1) is 22.3. The van der Waals surface area contributed by atoms with Gasteiger partial charge in [0.2, 0.25) is 0 Å². The van der Waals surface area contributed by atoms with Crippen molar-refractivity contribution in [2.24, 2.45) is 22.7 Å². The monoisotopic (exact) mass is 452 g/mol. The number of aliphatic hydroxyl groups is 2. The number of carbonyl (C=O) groups is 2. The standard InChI is InChI=1S/C24H30F2O6/c1-20(2)31-19-9-13-14-8-16(25)15-7-12(28)5-6-21(15,3)23(14,26)17(29)10-22(13,4)24(19,32-20)18(30)11-27/h5-7,13-14,16-17,19,27,29H,8-11H2,1-4H3/t13-,14-,16-,17?,19?,21-,22-,23-,24?/m0/s1. The van der Waals surface area contributed by atoms with Crippen LogP contribution in [0.15, 0.2) is 23.8 Å². The number of aliphatic hydroxyl groups excluding tert-OH is 2. The van der Waals surface area contributed by atoms with Gasteiger partial charge < -0.3 is 19.7 Å². The van der Waals surface area contributed by atoms with E-state index in [2.05, 4.69) is 0 Å². The van der Waals surface area contributed by atoms with Gasteiger partial charge in [-0.1, -0.05) is 13.0 Å². The average Bonchev–Trinajstić information content (AvgIpc) is 3.11. The molecule has 9 atom stereocenters. The molecule has 6 nitrogen and oxygen atoms in total. The molecule has 4 aliphatic carbocycles. The molecule has 0 radical (unpaired) electrons. The van der Waals surface area contributed by atoms with Gasteiger partial charge in [0.05, 0.1) is 12.2 Å². The molecule has 0 aromatic rings. The minimum absolute atomic E-state index is 0.0550. The highest BCUT2D eigenvalue weighted by molar-refractivity contribution is 6.01. The predicted octanol–water partition coefficient (Wildman–Crippen LogP) is 2.37. The van der Waals surface area contributed by atoms with E-state index >= 15 is 8.78 Å². The molecule has 3 saturated carbocycles. The number of ether oxygens (including phenoxy) is 2. The Morgan fingerprint density at radius 3 is 2.56 bits per heavy atom. The van der Waals surface area contributed by atoms with Crippen LogP contribution in [0.1, 0.15) is 47.0 Å². The third kappa shape index (κ3) is 2.32. The largest absolute Gasteiger partial charge is 0.390 e. The summed E-state index contributed by atoms with van der Waals surface area (Å²) in [4.78, 5) is 25.1. The molecule has 1 heterocycles. The minimum Gasteiger partial charge on any atom is -0.390 e. The van der Waals surface area contributed by atoms with Crippen LogP contribution in [0.5, 0.6) is 0 Å². The summed E-state index contributed by atoms with van der Waals surface area (Å²) in [7, 11) is 0. The molecule has 4 fully saturated rings. The fourth-order valence-corrected chi connectivity index (χ4v) is 7.92. The molecule has 3 unspecified atom stereocenters. The number of ketones is 2. The van der Waals surface area contributed by atoms with Crippen LogP contribution in [-0.2, 0) is 19.1 Å². The Kier molecular flexibility index (Phi) is 4.42. The quantitative estimate of drug-likeness (QED) is 0.668. The number of carbonyl (C=O) groups excluding carboxylic acids is 2. The summed E-state index contributed by atoms with van der Waals surface area (Å²) in [6.07, 6.45) is -0.151. The molecule has 0 spiro atoms. The van der Waals surface area contributed by atoms with Crippen LogP contribution in [0, 0.1) is 22.7 Å². The van der Waals surface area contributed by atoms with Crippen LogP contribution in [0.4, 0.5) is 8.78 Å². The Morgan fingerprint density at radius 1 is 1.22 bits per heavy atom. The molecule has 8 heteroatoms. The highest BCUT2D eigenvalue weighted by atomic mass is 19.1. The minimum atomic E-state index is -2.24. The number of fused-ring (bicyclic) bond motifs is 7. The zero-order valence-electron chi connectivity index (χ0n) is 18.7. The molecule has 1 aliphatic heterocycles. The topological polar surface area (TPSA) is 93.1 Å². The number of alkyl halides is 2. The maximum Gasteiger partial charge on any atom is 0.193 e. The van der Waals surface area contributed by atoms with Gasteiger partial charge >= 0.3 is 0 Å². The maximum absolute atomic E-state index is 17.1. The summed E-state index contributed by atoms with van der Waals surface area (Å²) >= 11 is 0. The molecule has 5 rings (SSSR count). The van der Waals surface area contributed by atoms with Gasteiger partial charge in [0.15, 0.2) is 28.6 Å². The number of allylic oxidation sites excluding steroid dienone is 4. The van der Waals surface area contributed by atoms with Gasteiger partial charge in [-0.25, -0.2) is 8.78 Å². The lowest BCUT2D eigenvalue weighted by molar-refractivity contribution is -0.248. The highest BCUT2D eigenvalue weighted by Gasteiger charge is 2.80. The summed E-state index contributed by atoms with van der Waals surface area (Å²) in [5.41, 5.74) is -6.30. The normalized spacial score (nSPS) is 53.2. The molecule has 0 bridgehead atoms. The van der Waals surface area contributed by atoms with Crippen molar-refractivity contribution in [3.05, 3.63) is 23.8 Å². The van der Waals surface area contributed by atoms with Crippen LogP contribution in [0.3, 0.4) is 0 Å². The number of halogens is 2. The molecule has 32 heavy (non-hydrogen) atoms. The van der Waals surface area contributed by atoms with E-state index in [0.717, 1.165) is 6.08 Å². The molecular formula is C24H30F2O6. The Balaban J connectivity index is 1.66. The Hall–Kier alpha value is -1.48. The predicted molar refractivity (Wildman–Crippen MR) is 109 cm³/mol. The lowest BCUT2D eigenvalue weighted by Gasteiger charge is -2.63. The molecule has 2 N–H and O–H groups in total. The average molecular weight is 452 g/mol. The van der Waals surface area contributed by atoms with Gasteiger partial charge in [0.1, 0.15) is 12.8 Å². The van der Waals surface area contributed by atoms with Crippen molar-refractivity contribution in [1.82, 2.24) is 0 Å². The maximum atomic E-state index is 17.1. The number of hydrogen-bond acceptors (Lipinski definition) is 6. The summed E-state index contributed by atoms with van der Waals surface area (Å²) in [5.74, 6) is -3.53. The van der Waals surface area contributed by atoms with Crippen molar-refractivity contribution in [3.8, 4) is 0 Å². The molecule has 5 aliphatic rings. The van der Waals surface area contributed by atoms with Gasteiger partial charge in [0.25, 0.3) is 0 Å². The summed E-state index contributed by atoms with van der Waals surface area (Å²) in [5, 5.41) is 21.1. The lowest BCUT2D eigenvalue weighted by atomic mass is 9.44. The molecular weight excluding hydrogens is 422 g/mol.